The Hall–Kier alpha value is -2.49. The fraction of sp³-hybridized carbons (Fsp3) is 0.133. The lowest BCUT2D eigenvalue weighted by atomic mass is 9.96. The number of para-hydroxylation sites is 1. The van der Waals surface area contributed by atoms with Crippen LogP contribution in [0.3, 0.4) is 0 Å². The Balaban J connectivity index is 1.96. The van der Waals surface area contributed by atoms with Crippen molar-refractivity contribution in [1.29, 1.82) is 0 Å². The molecule has 0 bridgehead atoms. The van der Waals surface area contributed by atoms with Crippen molar-refractivity contribution >= 4 is 5.78 Å². The van der Waals surface area contributed by atoms with Crippen LogP contribution in [0.15, 0.2) is 42.5 Å². The summed E-state index contributed by atoms with van der Waals surface area (Å²) in [5.74, 6) is 0.162. The molecule has 0 fully saturated rings. The zero-order valence-electron chi connectivity index (χ0n) is 10.0. The quantitative estimate of drug-likeness (QED) is 0.770. The summed E-state index contributed by atoms with van der Waals surface area (Å²) in [4.78, 5) is 12.0. The number of fused-ring (bicyclic) bond motifs is 1. The molecule has 96 valence electrons. The number of carbonyl (C=O) groups excluding carboxylic acids is 1. The third-order valence-corrected chi connectivity index (χ3v) is 3.20. The molecule has 3 rings (SSSR count). The Morgan fingerprint density at radius 3 is 2.63 bits per heavy atom. The van der Waals surface area contributed by atoms with Crippen LogP contribution >= 0.6 is 0 Å². The van der Waals surface area contributed by atoms with Gasteiger partial charge in [-0.15, -0.1) is 0 Å². The first-order chi connectivity index (χ1) is 9.15. The van der Waals surface area contributed by atoms with Crippen molar-refractivity contribution in [3.63, 3.8) is 0 Å². The topological polar surface area (TPSA) is 66.8 Å². The van der Waals surface area contributed by atoms with Crippen molar-refractivity contribution in [2.75, 3.05) is 0 Å². The Morgan fingerprint density at radius 2 is 1.84 bits per heavy atom. The van der Waals surface area contributed by atoms with E-state index in [1.165, 1.54) is 12.1 Å². The highest BCUT2D eigenvalue weighted by Gasteiger charge is 2.27. The van der Waals surface area contributed by atoms with E-state index in [0.29, 0.717) is 16.9 Å². The van der Waals surface area contributed by atoms with Crippen LogP contribution in [-0.2, 0) is 0 Å². The Bertz CT molecular complexity index is 648. The lowest BCUT2D eigenvalue weighted by molar-refractivity contribution is 0.0849. The molecule has 0 aromatic heterocycles. The van der Waals surface area contributed by atoms with Crippen molar-refractivity contribution in [3.8, 4) is 17.2 Å². The summed E-state index contributed by atoms with van der Waals surface area (Å²) in [6, 6.07) is 11.5. The lowest BCUT2D eigenvalue weighted by Gasteiger charge is -2.25. The van der Waals surface area contributed by atoms with Crippen molar-refractivity contribution in [3.05, 3.63) is 53.6 Å². The summed E-state index contributed by atoms with van der Waals surface area (Å²) in [7, 11) is 0. The second kappa shape index (κ2) is 4.31. The van der Waals surface area contributed by atoms with Crippen LogP contribution in [-0.4, -0.2) is 16.0 Å². The maximum atomic E-state index is 12.0. The van der Waals surface area contributed by atoms with Gasteiger partial charge in [0.05, 0.1) is 12.0 Å². The zero-order valence-corrected chi connectivity index (χ0v) is 10.0. The van der Waals surface area contributed by atoms with E-state index in [4.69, 9.17) is 4.74 Å². The van der Waals surface area contributed by atoms with E-state index in [0.717, 1.165) is 0 Å². The van der Waals surface area contributed by atoms with Gasteiger partial charge in [-0.05, 0) is 29.8 Å². The Morgan fingerprint density at radius 1 is 1.05 bits per heavy atom. The molecule has 0 saturated carbocycles. The number of phenols is 2. The molecule has 1 atom stereocenters. The van der Waals surface area contributed by atoms with Crippen molar-refractivity contribution < 1.29 is 19.7 Å². The van der Waals surface area contributed by atoms with Gasteiger partial charge in [-0.1, -0.05) is 18.2 Å². The van der Waals surface area contributed by atoms with Crippen molar-refractivity contribution in [2.24, 2.45) is 0 Å². The molecule has 0 amide bonds. The summed E-state index contributed by atoms with van der Waals surface area (Å²) in [5.41, 5.74) is 1.25. The van der Waals surface area contributed by atoms with E-state index in [-0.39, 0.29) is 23.7 Å². The molecule has 0 spiro atoms. The lowest BCUT2D eigenvalue weighted by Crippen LogP contribution is -2.20. The summed E-state index contributed by atoms with van der Waals surface area (Å²) in [6.07, 6.45) is -0.213. The summed E-state index contributed by atoms with van der Waals surface area (Å²) in [5, 5.41) is 18.8. The summed E-state index contributed by atoms with van der Waals surface area (Å²) < 4.78 is 5.77. The molecule has 1 aliphatic rings. The van der Waals surface area contributed by atoms with Gasteiger partial charge in [0.25, 0.3) is 0 Å². The van der Waals surface area contributed by atoms with Gasteiger partial charge in [0, 0.05) is 0 Å². The predicted molar refractivity (Wildman–Crippen MR) is 68.5 cm³/mol. The van der Waals surface area contributed by atoms with Crippen LogP contribution in [0.5, 0.6) is 17.2 Å². The Kier molecular flexibility index (Phi) is 2.63. The average molecular weight is 256 g/mol. The molecular weight excluding hydrogens is 244 g/mol. The minimum atomic E-state index is -0.436. The Labute approximate surface area is 109 Å². The fourth-order valence-corrected chi connectivity index (χ4v) is 2.20. The van der Waals surface area contributed by atoms with Gasteiger partial charge >= 0.3 is 0 Å². The van der Waals surface area contributed by atoms with E-state index in [9.17, 15) is 15.0 Å². The highest BCUT2D eigenvalue weighted by atomic mass is 16.5. The van der Waals surface area contributed by atoms with Crippen LogP contribution in [0.4, 0.5) is 0 Å². The first-order valence-electron chi connectivity index (χ1n) is 5.96. The van der Waals surface area contributed by atoms with E-state index >= 15 is 0 Å². The maximum Gasteiger partial charge on any atom is 0.170 e. The van der Waals surface area contributed by atoms with Gasteiger partial charge in [-0.2, -0.15) is 0 Å². The minimum absolute atomic E-state index is 0.0133. The third-order valence-electron chi connectivity index (χ3n) is 3.20. The van der Waals surface area contributed by atoms with Crippen LogP contribution in [0, 0.1) is 0 Å². The van der Waals surface area contributed by atoms with E-state index in [2.05, 4.69) is 0 Å². The maximum absolute atomic E-state index is 12.0. The van der Waals surface area contributed by atoms with Gasteiger partial charge in [0.1, 0.15) is 11.9 Å². The van der Waals surface area contributed by atoms with Crippen LogP contribution < -0.4 is 4.74 Å². The third kappa shape index (κ3) is 2.01. The van der Waals surface area contributed by atoms with Gasteiger partial charge in [-0.25, -0.2) is 0 Å². The molecule has 1 unspecified atom stereocenters. The summed E-state index contributed by atoms with van der Waals surface area (Å²) >= 11 is 0. The van der Waals surface area contributed by atoms with Crippen LogP contribution in [0.25, 0.3) is 0 Å². The number of rotatable bonds is 1. The average Bonchev–Trinajstić information content (AvgIpc) is 2.42. The first kappa shape index (κ1) is 11.6. The highest BCUT2D eigenvalue weighted by molar-refractivity contribution is 5.99. The first-order valence-corrected chi connectivity index (χ1v) is 5.96. The molecule has 2 N–H and O–H groups in total. The largest absolute Gasteiger partial charge is 0.504 e. The van der Waals surface area contributed by atoms with Gasteiger partial charge in [0.2, 0.25) is 0 Å². The van der Waals surface area contributed by atoms with E-state index in [1.807, 2.05) is 6.07 Å². The SMILES string of the molecule is O=C1CC(c2ccc(O)c(O)c2)Oc2ccccc21. The molecule has 1 heterocycles. The molecular formula is C15H12O4. The number of aromatic hydroxyl groups is 2. The van der Waals surface area contributed by atoms with Gasteiger partial charge < -0.3 is 14.9 Å². The number of hydrogen-bond acceptors (Lipinski definition) is 4. The number of benzene rings is 2. The molecule has 0 radical (unpaired) electrons. The minimum Gasteiger partial charge on any atom is -0.504 e. The molecule has 0 saturated heterocycles. The number of ether oxygens (including phenoxy) is 1. The predicted octanol–water partition coefficient (Wildman–Crippen LogP) is 2.80. The molecule has 1 aliphatic heterocycles. The molecule has 19 heavy (non-hydrogen) atoms. The molecule has 4 nitrogen and oxygen atoms in total. The van der Waals surface area contributed by atoms with Gasteiger partial charge in [0.15, 0.2) is 17.3 Å². The second-order valence-corrected chi connectivity index (χ2v) is 4.48. The number of phenolic OH excluding ortho intramolecular Hbond substituents is 2. The monoisotopic (exact) mass is 256 g/mol. The number of hydrogen-bond donors (Lipinski definition) is 2. The molecule has 4 heteroatoms. The van der Waals surface area contributed by atoms with Crippen molar-refractivity contribution in [2.45, 2.75) is 12.5 Å². The zero-order chi connectivity index (χ0) is 13.4. The van der Waals surface area contributed by atoms with E-state index in [1.54, 1.807) is 24.3 Å². The number of carbonyl (C=O) groups is 1. The number of ketones is 1. The normalized spacial score (nSPS) is 17.7. The highest BCUT2D eigenvalue weighted by Crippen LogP contribution is 2.37. The summed E-state index contributed by atoms with van der Waals surface area (Å²) in [6.45, 7) is 0. The molecule has 2 aromatic carbocycles. The van der Waals surface area contributed by atoms with Crippen molar-refractivity contribution in [1.82, 2.24) is 0 Å². The fourth-order valence-electron chi connectivity index (χ4n) is 2.20. The molecule has 2 aromatic rings. The standard InChI is InChI=1S/C15H12O4/c16-11-6-5-9(7-13(11)18)15-8-12(17)10-3-1-2-4-14(10)19-15/h1-7,15-16,18H,8H2. The van der Waals surface area contributed by atoms with Crippen LogP contribution in [0.2, 0.25) is 0 Å². The number of Topliss-reactive ketones (excluding diaryl/α,β-unsaturated/α-hetero) is 1. The van der Waals surface area contributed by atoms with E-state index < -0.39 is 6.10 Å². The van der Waals surface area contributed by atoms with Gasteiger partial charge in [-0.3, -0.25) is 4.79 Å². The smallest absolute Gasteiger partial charge is 0.170 e. The molecule has 0 aliphatic carbocycles. The van der Waals surface area contributed by atoms with Crippen LogP contribution in [0.1, 0.15) is 28.4 Å². The second-order valence-electron chi connectivity index (χ2n) is 4.48.